The molecule has 0 fully saturated rings. The minimum Gasteiger partial charge on any atom is -0.304 e. The second-order valence-electron chi connectivity index (χ2n) is 5.75. The highest BCUT2D eigenvalue weighted by Crippen LogP contribution is 2.38. The van der Waals surface area contributed by atoms with E-state index in [0.29, 0.717) is 6.07 Å². The zero-order valence-corrected chi connectivity index (χ0v) is 18.0. The first-order valence-corrected chi connectivity index (χ1v) is 10.4. The van der Waals surface area contributed by atoms with Crippen LogP contribution in [0.25, 0.3) is 5.69 Å². The third-order valence-corrected chi connectivity index (χ3v) is 7.05. The minimum absolute atomic E-state index is 0.0256. The van der Waals surface area contributed by atoms with E-state index in [0.717, 1.165) is 28.8 Å². The molecule has 0 bridgehead atoms. The second-order valence-corrected chi connectivity index (χ2v) is 8.69. The van der Waals surface area contributed by atoms with Crippen molar-refractivity contribution < 1.29 is 21.8 Å². The monoisotopic (exact) mass is 514 g/mol. The Hall–Kier alpha value is -1.76. The fraction of sp³-hybridized carbons (Fsp3) is 0.0556. The molecule has 0 aliphatic heterocycles. The minimum atomic E-state index is -4.61. The van der Waals surface area contributed by atoms with Crippen LogP contribution in [0.1, 0.15) is 11.1 Å². The molecule has 1 atom stereocenters. The highest BCUT2D eigenvalue weighted by molar-refractivity contribution is 7.85. The van der Waals surface area contributed by atoms with Gasteiger partial charge < -0.3 is 4.57 Å². The fourth-order valence-corrected chi connectivity index (χ4v) is 4.94. The number of alkyl halides is 3. The summed E-state index contributed by atoms with van der Waals surface area (Å²) in [6.45, 7) is 0. The van der Waals surface area contributed by atoms with Gasteiger partial charge in [-0.15, -0.1) is 0 Å². The molecule has 0 radical (unpaired) electrons. The summed E-state index contributed by atoms with van der Waals surface area (Å²) in [5, 5.41) is 8.17. The first-order valence-electron chi connectivity index (χ1n) is 7.70. The molecule has 1 aromatic heterocycles. The van der Waals surface area contributed by atoms with Gasteiger partial charge in [0.2, 0.25) is 0 Å². The van der Waals surface area contributed by atoms with E-state index < -0.39 is 33.4 Å². The zero-order valence-electron chi connectivity index (χ0n) is 14.2. The summed E-state index contributed by atoms with van der Waals surface area (Å²) in [4.78, 5) is -0.185. The maximum absolute atomic E-state index is 13.5. The summed E-state index contributed by atoms with van der Waals surface area (Å²) >= 11 is 23.9. The first-order chi connectivity index (χ1) is 14.0. The lowest BCUT2D eigenvalue weighted by Gasteiger charge is -2.11. The van der Waals surface area contributed by atoms with E-state index in [-0.39, 0.29) is 36.2 Å². The van der Waals surface area contributed by atoms with Crippen molar-refractivity contribution in [2.24, 2.45) is 0 Å². The molecule has 3 rings (SSSR count). The summed E-state index contributed by atoms with van der Waals surface area (Å²) in [5.74, 6) is -0.824. The third kappa shape index (κ3) is 4.05. The van der Waals surface area contributed by atoms with Crippen molar-refractivity contribution in [3.8, 4) is 11.8 Å². The van der Waals surface area contributed by atoms with Crippen LogP contribution in [0.5, 0.6) is 0 Å². The van der Waals surface area contributed by atoms with Crippen LogP contribution in [-0.2, 0) is 17.0 Å². The molecule has 1 heterocycles. The van der Waals surface area contributed by atoms with E-state index in [9.17, 15) is 27.0 Å². The van der Waals surface area contributed by atoms with Crippen molar-refractivity contribution in [3.05, 3.63) is 73.7 Å². The van der Waals surface area contributed by atoms with E-state index in [4.69, 9.17) is 46.4 Å². The van der Waals surface area contributed by atoms with Gasteiger partial charge in [-0.05, 0) is 30.3 Å². The van der Waals surface area contributed by atoms with E-state index in [1.807, 2.05) is 0 Å². The van der Waals surface area contributed by atoms with E-state index in [1.54, 1.807) is 6.07 Å². The molecule has 30 heavy (non-hydrogen) atoms. The molecule has 0 spiro atoms. The summed E-state index contributed by atoms with van der Waals surface area (Å²) in [6, 6.07) is 6.43. The van der Waals surface area contributed by atoms with E-state index >= 15 is 0 Å². The zero-order chi connectivity index (χ0) is 22.4. The molecule has 0 amide bonds. The number of nitriles is 1. The van der Waals surface area contributed by atoms with Gasteiger partial charge in [-0.2, -0.15) is 18.4 Å². The molecule has 156 valence electrons. The normalized spacial score (nSPS) is 12.6. The highest BCUT2D eigenvalue weighted by atomic mass is 35.5. The highest BCUT2D eigenvalue weighted by Gasteiger charge is 2.31. The molecule has 0 aliphatic rings. The van der Waals surface area contributed by atoms with Gasteiger partial charge in [0, 0.05) is 6.20 Å². The summed E-state index contributed by atoms with van der Waals surface area (Å²) in [6.07, 6.45) is -3.43. The fourth-order valence-electron chi connectivity index (χ4n) is 2.53. The third-order valence-electron chi connectivity index (χ3n) is 3.96. The van der Waals surface area contributed by atoms with Crippen LogP contribution in [0.2, 0.25) is 20.2 Å². The Balaban J connectivity index is 2.16. The van der Waals surface area contributed by atoms with Crippen molar-refractivity contribution in [3.63, 3.8) is 0 Å². The van der Waals surface area contributed by atoms with Crippen molar-refractivity contribution >= 4 is 57.2 Å². The van der Waals surface area contributed by atoms with Crippen molar-refractivity contribution in [1.82, 2.24) is 4.57 Å². The molecule has 0 saturated heterocycles. The van der Waals surface area contributed by atoms with E-state index in [1.165, 1.54) is 6.20 Å². The van der Waals surface area contributed by atoms with Crippen molar-refractivity contribution in [2.45, 2.75) is 16.0 Å². The van der Waals surface area contributed by atoms with Crippen molar-refractivity contribution in [1.29, 1.82) is 5.26 Å². The maximum atomic E-state index is 13.5. The quantitative estimate of drug-likeness (QED) is 0.271. The molecule has 3 nitrogen and oxygen atoms in total. The van der Waals surface area contributed by atoms with Crippen LogP contribution in [0.15, 0.2) is 46.3 Å². The molecule has 0 saturated carbocycles. The Morgan fingerprint density at radius 3 is 2.23 bits per heavy atom. The lowest BCUT2D eigenvalue weighted by atomic mass is 10.2. The predicted octanol–water partition coefficient (Wildman–Crippen LogP) is 7.29. The van der Waals surface area contributed by atoms with Gasteiger partial charge in [-0.25, -0.2) is 8.60 Å². The molecular weight excluding hydrogens is 510 g/mol. The smallest absolute Gasteiger partial charge is 0.304 e. The maximum Gasteiger partial charge on any atom is 0.416 e. The van der Waals surface area contributed by atoms with Crippen LogP contribution in [0.3, 0.4) is 0 Å². The van der Waals surface area contributed by atoms with Gasteiger partial charge in [-0.3, -0.25) is 0 Å². The Kier molecular flexibility index (Phi) is 6.42. The average molecular weight is 516 g/mol. The molecule has 12 heteroatoms. The number of aromatic nitrogens is 1. The Labute approximate surface area is 189 Å². The number of halogens is 8. The second kappa shape index (κ2) is 8.40. The number of benzene rings is 2. The molecule has 3 aromatic rings. The van der Waals surface area contributed by atoms with E-state index in [2.05, 4.69) is 0 Å². The topological polar surface area (TPSA) is 45.8 Å². The summed E-state index contributed by atoms with van der Waals surface area (Å²) in [5.41, 5.74) is -1.17. The molecule has 0 aliphatic carbocycles. The lowest BCUT2D eigenvalue weighted by Crippen LogP contribution is -2.05. The van der Waals surface area contributed by atoms with Gasteiger partial charge in [0.15, 0.2) is 0 Å². The first kappa shape index (κ1) is 22.9. The van der Waals surface area contributed by atoms with Gasteiger partial charge >= 0.3 is 6.18 Å². The molecule has 1 unspecified atom stereocenters. The SMILES string of the molecule is N#Cc1c(S(=O)c2ccc(F)c(Cl)c2Cl)cn(-c2ccc(C(F)(F)F)cc2Cl)c1Cl. The Morgan fingerprint density at radius 2 is 1.67 bits per heavy atom. The molecule has 2 aromatic carbocycles. The summed E-state index contributed by atoms with van der Waals surface area (Å²) in [7, 11) is -2.11. The molecular formula is C18H6Cl4F4N2OS. The van der Waals surface area contributed by atoms with Crippen LogP contribution in [-0.4, -0.2) is 8.78 Å². The van der Waals surface area contributed by atoms with Gasteiger partial charge in [-0.1, -0.05) is 46.4 Å². The summed E-state index contributed by atoms with van der Waals surface area (Å²) < 4.78 is 66.3. The van der Waals surface area contributed by atoms with Gasteiger partial charge in [0.1, 0.15) is 22.6 Å². The Morgan fingerprint density at radius 1 is 1.00 bits per heavy atom. The average Bonchev–Trinajstić information content (AvgIpc) is 3.01. The standard InChI is InChI=1S/C18H6Cl4F4N2OS/c19-10-5-8(18(24,25)26)1-3-12(10)28-7-14(9(6-27)17(28)22)30(29)13-4-2-11(23)15(20)16(13)21/h1-5,7H. The van der Waals surface area contributed by atoms with Crippen LogP contribution in [0.4, 0.5) is 17.6 Å². The number of nitrogens with zero attached hydrogens (tertiary/aromatic N) is 2. The van der Waals surface area contributed by atoms with Crippen LogP contribution in [0, 0.1) is 17.1 Å². The number of hydrogen-bond donors (Lipinski definition) is 0. The van der Waals surface area contributed by atoms with Crippen LogP contribution < -0.4 is 0 Å². The van der Waals surface area contributed by atoms with Gasteiger partial charge in [0.25, 0.3) is 0 Å². The lowest BCUT2D eigenvalue weighted by molar-refractivity contribution is -0.137. The van der Waals surface area contributed by atoms with Gasteiger partial charge in [0.05, 0.1) is 46.9 Å². The largest absolute Gasteiger partial charge is 0.416 e. The predicted molar refractivity (Wildman–Crippen MR) is 107 cm³/mol. The number of rotatable bonds is 3. The van der Waals surface area contributed by atoms with Crippen LogP contribution >= 0.6 is 46.4 Å². The number of hydrogen-bond acceptors (Lipinski definition) is 2. The Bertz CT molecular complexity index is 1230. The van der Waals surface area contributed by atoms with Crippen molar-refractivity contribution in [2.75, 3.05) is 0 Å². The molecule has 0 N–H and O–H groups in total.